The van der Waals surface area contributed by atoms with Crippen LogP contribution in [0.5, 0.6) is 0 Å². The summed E-state index contributed by atoms with van der Waals surface area (Å²) in [5.74, 6) is 1.10. The molecule has 27 heavy (non-hydrogen) atoms. The van der Waals surface area contributed by atoms with E-state index in [0.717, 1.165) is 49.4 Å². The van der Waals surface area contributed by atoms with E-state index in [4.69, 9.17) is 4.52 Å². The highest BCUT2D eigenvalue weighted by atomic mass is 16.5. The van der Waals surface area contributed by atoms with Crippen molar-refractivity contribution in [2.75, 3.05) is 18.0 Å². The number of amides is 1. The van der Waals surface area contributed by atoms with E-state index < -0.39 is 0 Å². The lowest BCUT2D eigenvalue weighted by Crippen LogP contribution is -2.46. The zero-order chi connectivity index (χ0) is 18.6. The van der Waals surface area contributed by atoms with Gasteiger partial charge in [0.05, 0.1) is 18.3 Å². The first-order valence-corrected chi connectivity index (χ1v) is 10.3. The molecule has 2 heterocycles. The van der Waals surface area contributed by atoms with Gasteiger partial charge in [0, 0.05) is 17.8 Å². The molecule has 1 amide bonds. The smallest absolute Gasteiger partial charge is 0.241 e. The number of carbonyl (C=O) groups is 1. The van der Waals surface area contributed by atoms with Gasteiger partial charge in [-0.25, -0.2) is 0 Å². The second-order valence-electron chi connectivity index (χ2n) is 7.89. The number of benzene rings is 1. The Morgan fingerprint density at radius 3 is 2.63 bits per heavy atom. The molecular formula is C22H29N3O2. The van der Waals surface area contributed by atoms with Crippen LogP contribution in [0.4, 0.5) is 5.69 Å². The van der Waals surface area contributed by atoms with Gasteiger partial charge in [-0.2, -0.15) is 0 Å². The van der Waals surface area contributed by atoms with E-state index in [-0.39, 0.29) is 11.9 Å². The van der Waals surface area contributed by atoms with Crippen LogP contribution in [0.1, 0.15) is 62.4 Å². The van der Waals surface area contributed by atoms with Gasteiger partial charge in [0.25, 0.3) is 0 Å². The summed E-state index contributed by atoms with van der Waals surface area (Å²) in [6.07, 6.45) is 8.03. The van der Waals surface area contributed by atoms with Crippen molar-refractivity contribution in [1.82, 2.24) is 10.1 Å². The quantitative estimate of drug-likeness (QED) is 0.781. The number of hydrogen-bond acceptors (Lipinski definition) is 4. The Balaban J connectivity index is 1.52. The number of carbonyl (C=O) groups excluding carboxylic acids is 1. The topological polar surface area (TPSA) is 49.6 Å². The van der Waals surface area contributed by atoms with Crippen molar-refractivity contribution in [3.05, 3.63) is 47.9 Å². The third-order valence-corrected chi connectivity index (χ3v) is 5.92. The minimum Gasteiger partial charge on any atom is -0.359 e. The van der Waals surface area contributed by atoms with E-state index in [2.05, 4.69) is 27.1 Å². The van der Waals surface area contributed by atoms with E-state index in [0.29, 0.717) is 12.6 Å². The standard InChI is InChI=1S/C22H29N3O2/c1-17-15-21(27-23-17)20-13-8-14-24(20)16-22(26)25(18-9-4-2-5-10-18)19-11-6-3-7-12-19/h2,4-5,9-10,15,19-20H,3,6-8,11-14,16H2,1H3/t20-/m1/s1. The maximum atomic E-state index is 13.4. The van der Waals surface area contributed by atoms with Crippen LogP contribution in [-0.4, -0.2) is 35.1 Å². The van der Waals surface area contributed by atoms with Crippen molar-refractivity contribution in [2.24, 2.45) is 0 Å². The van der Waals surface area contributed by atoms with Crippen LogP contribution < -0.4 is 4.90 Å². The summed E-state index contributed by atoms with van der Waals surface area (Å²) in [5, 5.41) is 4.03. The number of rotatable bonds is 5. The van der Waals surface area contributed by atoms with Crippen LogP contribution in [0.2, 0.25) is 0 Å². The molecular weight excluding hydrogens is 338 g/mol. The fourth-order valence-electron chi connectivity index (χ4n) is 4.61. The Kier molecular flexibility index (Phi) is 5.58. The van der Waals surface area contributed by atoms with E-state index >= 15 is 0 Å². The number of aryl methyl sites for hydroxylation is 1. The maximum Gasteiger partial charge on any atom is 0.241 e. The molecule has 1 aliphatic carbocycles. The van der Waals surface area contributed by atoms with Gasteiger partial charge in [-0.1, -0.05) is 42.6 Å². The molecule has 2 aliphatic rings. The van der Waals surface area contributed by atoms with Crippen molar-refractivity contribution < 1.29 is 9.32 Å². The van der Waals surface area contributed by atoms with Gasteiger partial charge < -0.3 is 9.42 Å². The van der Waals surface area contributed by atoms with E-state index in [1.165, 1.54) is 19.3 Å². The molecule has 0 radical (unpaired) electrons. The fraction of sp³-hybridized carbons (Fsp3) is 0.545. The van der Waals surface area contributed by atoms with Crippen molar-refractivity contribution in [1.29, 1.82) is 0 Å². The molecule has 1 aromatic heterocycles. The van der Waals surface area contributed by atoms with Crippen molar-refractivity contribution in [2.45, 2.75) is 64.0 Å². The SMILES string of the molecule is Cc1cc([C@H]2CCCN2CC(=O)N(c2ccccc2)C2CCCCC2)on1. The summed E-state index contributed by atoms with van der Waals surface area (Å²) < 4.78 is 5.50. The molecule has 1 aliphatic heterocycles. The first-order chi connectivity index (χ1) is 13.2. The molecule has 0 unspecified atom stereocenters. The van der Waals surface area contributed by atoms with Gasteiger partial charge in [0.2, 0.25) is 5.91 Å². The Bertz CT molecular complexity index is 752. The lowest BCUT2D eigenvalue weighted by molar-refractivity contribution is -0.120. The molecule has 2 aromatic rings. The number of anilines is 1. The molecule has 2 fully saturated rings. The fourth-order valence-corrected chi connectivity index (χ4v) is 4.61. The summed E-state index contributed by atoms with van der Waals surface area (Å²) in [4.78, 5) is 17.8. The molecule has 1 aromatic carbocycles. The number of likely N-dealkylation sites (tertiary alicyclic amines) is 1. The monoisotopic (exact) mass is 367 g/mol. The third kappa shape index (κ3) is 4.08. The molecule has 1 saturated carbocycles. The van der Waals surface area contributed by atoms with Crippen LogP contribution in [0, 0.1) is 6.92 Å². The highest BCUT2D eigenvalue weighted by Gasteiger charge is 2.34. The van der Waals surface area contributed by atoms with Gasteiger partial charge in [-0.3, -0.25) is 9.69 Å². The molecule has 0 bridgehead atoms. The molecule has 0 spiro atoms. The summed E-state index contributed by atoms with van der Waals surface area (Å²) in [7, 11) is 0. The summed E-state index contributed by atoms with van der Waals surface area (Å²) in [6, 6.07) is 12.7. The first-order valence-electron chi connectivity index (χ1n) is 10.3. The largest absolute Gasteiger partial charge is 0.359 e. The normalized spacial score (nSPS) is 21.4. The summed E-state index contributed by atoms with van der Waals surface area (Å²) >= 11 is 0. The average Bonchev–Trinajstić information content (AvgIpc) is 3.32. The van der Waals surface area contributed by atoms with Crippen LogP contribution in [-0.2, 0) is 4.79 Å². The number of para-hydroxylation sites is 1. The number of nitrogens with zero attached hydrogens (tertiary/aromatic N) is 3. The Hall–Kier alpha value is -2.14. The van der Waals surface area contributed by atoms with Gasteiger partial charge in [-0.15, -0.1) is 0 Å². The number of aromatic nitrogens is 1. The second kappa shape index (κ2) is 8.26. The minimum absolute atomic E-state index is 0.166. The van der Waals surface area contributed by atoms with Gasteiger partial charge in [-0.05, 0) is 51.3 Å². The zero-order valence-electron chi connectivity index (χ0n) is 16.1. The predicted octanol–water partition coefficient (Wildman–Crippen LogP) is 4.49. The summed E-state index contributed by atoms with van der Waals surface area (Å²) in [6.45, 7) is 3.32. The maximum absolute atomic E-state index is 13.4. The second-order valence-corrected chi connectivity index (χ2v) is 7.89. The van der Waals surface area contributed by atoms with E-state index in [1.807, 2.05) is 31.2 Å². The van der Waals surface area contributed by atoms with Crippen LogP contribution in [0.15, 0.2) is 40.9 Å². The van der Waals surface area contributed by atoms with E-state index in [9.17, 15) is 4.79 Å². The molecule has 1 saturated heterocycles. The van der Waals surface area contributed by atoms with Crippen molar-refractivity contribution in [3.8, 4) is 0 Å². The van der Waals surface area contributed by atoms with Crippen LogP contribution in [0.3, 0.4) is 0 Å². The molecule has 4 rings (SSSR count). The zero-order valence-corrected chi connectivity index (χ0v) is 16.1. The highest BCUT2D eigenvalue weighted by molar-refractivity contribution is 5.95. The van der Waals surface area contributed by atoms with Gasteiger partial charge >= 0.3 is 0 Å². The Morgan fingerprint density at radius 1 is 1.15 bits per heavy atom. The molecule has 0 N–H and O–H groups in total. The average molecular weight is 367 g/mol. The molecule has 5 nitrogen and oxygen atoms in total. The predicted molar refractivity (Wildman–Crippen MR) is 106 cm³/mol. The van der Waals surface area contributed by atoms with Gasteiger partial charge in [0.1, 0.15) is 0 Å². The lowest BCUT2D eigenvalue weighted by Gasteiger charge is -2.36. The first kappa shape index (κ1) is 18.2. The van der Waals surface area contributed by atoms with Crippen LogP contribution >= 0.6 is 0 Å². The molecule has 5 heteroatoms. The third-order valence-electron chi connectivity index (χ3n) is 5.92. The minimum atomic E-state index is 0.166. The molecule has 144 valence electrons. The Morgan fingerprint density at radius 2 is 1.93 bits per heavy atom. The van der Waals surface area contributed by atoms with Crippen molar-refractivity contribution in [3.63, 3.8) is 0 Å². The number of hydrogen-bond donors (Lipinski definition) is 0. The Labute approximate surface area is 161 Å². The van der Waals surface area contributed by atoms with E-state index in [1.54, 1.807) is 0 Å². The summed E-state index contributed by atoms with van der Waals surface area (Å²) in [5.41, 5.74) is 1.93. The lowest BCUT2D eigenvalue weighted by atomic mass is 9.93. The van der Waals surface area contributed by atoms with Crippen LogP contribution in [0.25, 0.3) is 0 Å². The molecule has 1 atom stereocenters. The van der Waals surface area contributed by atoms with Gasteiger partial charge in [0.15, 0.2) is 5.76 Å². The van der Waals surface area contributed by atoms with Crippen molar-refractivity contribution >= 4 is 11.6 Å². The highest BCUT2D eigenvalue weighted by Crippen LogP contribution is 2.33.